The second kappa shape index (κ2) is 6.44. The lowest BCUT2D eigenvalue weighted by Gasteiger charge is -2.18. The normalized spacial score (nSPS) is 12.3. The molecule has 2 aromatic carbocycles. The van der Waals surface area contributed by atoms with Gasteiger partial charge in [-0.1, -0.05) is 37.3 Å². The average molecular weight is 271 g/mol. The van der Waals surface area contributed by atoms with Crippen LogP contribution in [0.3, 0.4) is 0 Å². The fourth-order valence-corrected chi connectivity index (χ4v) is 2.42. The third kappa shape index (κ3) is 3.11. The van der Waals surface area contributed by atoms with E-state index in [0.29, 0.717) is 12.1 Å². The van der Waals surface area contributed by atoms with Crippen molar-refractivity contribution in [3.63, 3.8) is 0 Å². The molecule has 0 amide bonds. The molecule has 1 unspecified atom stereocenters. The monoisotopic (exact) mass is 271 g/mol. The predicted octanol–water partition coefficient (Wildman–Crippen LogP) is 3.51. The molecule has 0 fully saturated rings. The summed E-state index contributed by atoms with van der Waals surface area (Å²) in [6.07, 6.45) is 0.994. The van der Waals surface area contributed by atoms with Crippen LogP contribution in [0.25, 0.3) is 0 Å². The van der Waals surface area contributed by atoms with Gasteiger partial charge in [0.1, 0.15) is 11.5 Å². The van der Waals surface area contributed by atoms with Crippen molar-refractivity contribution >= 4 is 0 Å². The zero-order valence-electron chi connectivity index (χ0n) is 11.9. The molecule has 0 aromatic heterocycles. The molecular weight excluding hydrogens is 250 g/mol. The first-order chi connectivity index (χ1) is 9.63. The molecule has 1 atom stereocenters. The van der Waals surface area contributed by atoms with Crippen LogP contribution in [0.1, 0.15) is 36.6 Å². The third-order valence-corrected chi connectivity index (χ3v) is 3.59. The van der Waals surface area contributed by atoms with Crippen molar-refractivity contribution in [2.45, 2.75) is 32.9 Å². The Balaban J connectivity index is 2.11. The Morgan fingerprint density at radius 2 is 1.55 bits per heavy atom. The summed E-state index contributed by atoms with van der Waals surface area (Å²) in [6, 6.07) is 13.0. The highest BCUT2D eigenvalue weighted by Crippen LogP contribution is 2.32. The van der Waals surface area contributed by atoms with Gasteiger partial charge in [-0.15, -0.1) is 0 Å². The number of rotatable bonds is 5. The molecule has 0 aliphatic heterocycles. The molecule has 0 radical (unpaired) electrons. The van der Waals surface area contributed by atoms with Gasteiger partial charge in [-0.3, -0.25) is 0 Å². The number of hydrogen-bond acceptors (Lipinski definition) is 3. The van der Waals surface area contributed by atoms with Crippen molar-refractivity contribution in [3.05, 3.63) is 59.2 Å². The smallest absolute Gasteiger partial charge is 0.124 e. The summed E-state index contributed by atoms with van der Waals surface area (Å²) in [4.78, 5) is 0. The predicted molar refractivity (Wildman–Crippen MR) is 80.8 cm³/mol. The molecule has 0 saturated carbocycles. The van der Waals surface area contributed by atoms with Crippen LogP contribution >= 0.6 is 0 Å². The standard InChI is InChI=1S/C17H21NO2/c1-3-13-7-4-5-8-14(13)11-18-12(2)17-15(19)9-6-10-16(17)20/h4-10,12,18-20H,3,11H2,1-2H3. The van der Waals surface area contributed by atoms with E-state index in [0.717, 1.165) is 6.42 Å². The second-order valence-electron chi connectivity index (χ2n) is 4.93. The van der Waals surface area contributed by atoms with Crippen LogP contribution in [0.5, 0.6) is 11.5 Å². The zero-order valence-corrected chi connectivity index (χ0v) is 11.9. The Hall–Kier alpha value is -2.00. The fraction of sp³-hybridized carbons (Fsp3) is 0.294. The van der Waals surface area contributed by atoms with E-state index in [-0.39, 0.29) is 17.5 Å². The first-order valence-electron chi connectivity index (χ1n) is 6.94. The van der Waals surface area contributed by atoms with Crippen LogP contribution in [0.4, 0.5) is 0 Å². The highest BCUT2D eigenvalue weighted by molar-refractivity contribution is 5.45. The molecule has 0 spiro atoms. The molecule has 0 saturated heterocycles. The van der Waals surface area contributed by atoms with Crippen LogP contribution in [0, 0.1) is 0 Å². The van der Waals surface area contributed by atoms with Gasteiger partial charge in [-0.25, -0.2) is 0 Å². The maximum Gasteiger partial charge on any atom is 0.124 e. The van der Waals surface area contributed by atoms with Gasteiger partial charge >= 0.3 is 0 Å². The van der Waals surface area contributed by atoms with Crippen LogP contribution in [0.2, 0.25) is 0 Å². The van der Waals surface area contributed by atoms with Crippen LogP contribution < -0.4 is 5.32 Å². The van der Waals surface area contributed by atoms with E-state index in [9.17, 15) is 10.2 Å². The number of aromatic hydroxyl groups is 2. The fourth-order valence-electron chi connectivity index (χ4n) is 2.42. The van der Waals surface area contributed by atoms with E-state index >= 15 is 0 Å². The van der Waals surface area contributed by atoms with Gasteiger partial charge in [0.2, 0.25) is 0 Å². The van der Waals surface area contributed by atoms with Gasteiger partial charge in [-0.2, -0.15) is 0 Å². The van der Waals surface area contributed by atoms with Crippen molar-refractivity contribution in [1.82, 2.24) is 5.32 Å². The Bertz CT molecular complexity index is 561. The molecule has 0 bridgehead atoms. The Kier molecular flexibility index (Phi) is 4.64. The number of nitrogens with one attached hydrogen (secondary N) is 1. The van der Waals surface area contributed by atoms with E-state index in [4.69, 9.17) is 0 Å². The number of phenolic OH excluding ortho intramolecular Hbond substituents is 2. The van der Waals surface area contributed by atoms with Crippen molar-refractivity contribution < 1.29 is 10.2 Å². The van der Waals surface area contributed by atoms with Gasteiger partial charge in [0.05, 0.1) is 5.56 Å². The summed E-state index contributed by atoms with van der Waals surface area (Å²) >= 11 is 0. The van der Waals surface area contributed by atoms with E-state index in [1.54, 1.807) is 18.2 Å². The molecule has 2 rings (SSSR count). The maximum atomic E-state index is 9.86. The first kappa shape index (κ1) is 14.4. The minimum absolute atomic E-state index is 0.119. The zero-order chi connectivity index (χ0) is 14.5. The van der Waals surface area contributed by atoms with Gasteiger partial charge in [0, 0.05) is 12.6 Å². The molecule has 106 valence electrons. The van der Waals surface area contributed by atoms with Crippen molar-refractivity contribution in [2.24, 2.45) is 0 Å². The Morgan fingerprint density at radius 1 is 0.950 bits per heavy atom. The van der Waals surface area contributed by atoms with Crippen molar-refractivity contribution in [2.75, 3.05) is 0 Å². The van der Waals surface area contributed by atoms with E-state index in [1.807, 2.05) is 19.1 Å². The van der Waals surface area contributed by atoms with Gasteiger partial charge in [-0.05, 0) is 36.6 Å². The first-order valence-corrected chi connectivity index (χ1v) is 6.94. The molecule has 0 heterocycles. The van der Waals surface area contributed by atoms with E-state index in [1.165, 1.54) is 11.1 Å². The molecule has 3 N–H and O–H groups in total. The summed E-state index contributed by atoms with van der Waals surface area (Å²) in [5.41, 5.74) is 3.10. The SMILES string of the molecule is CCc1ccccc1CNC(C)c1c(O)cccc1O. The number of aryl methyl sites for hydroxylation is 1. The molecule has 2 aromatic rings. The van der Waals surface area contributed by atoms with E-state index < -0.39 is 0 Å². The number of benzene rings is 2. The van der Waals surface area contributed by atoms with Gasteiger partial charge < -0.3 is 15.5 Å². The quantitative estimate of drug-likeness (QED) is 0.780. The van der Waals surface area contributed by atoms with Crippen LogP contribution in [-0.4, -0.2) is 10.2 Å². The minimum atomic E-state index is -0.124. The highest BCUT2D eigenvalue weighted by Gasteiger charge is 2.14. The highest BCUT2D eigenvalue weighted by atomic mass is 16.3. The van der Waals surface area contributed by atoms with Crippen molar-refractivity contribution in [3.8, 4) is 11.5 Å². The lowest BCUT2D eigenvalue weighted by Crippen LogP contribution is -2.19. The largest absolute Gasteiger partial charge is 0.507 e. The van der Waals surface area contributed by atoms with Crippen LogP contribution in [-0.2, 0) is 13.0 Å². The Morgan fingerprint density at radius 3 is 2.15 bits per heavy atom. The Labute approximate surface area is 119 Å². The minimum Gasteiger partial charge on any atom is -0.507 e. The molecule has 0 aliphatic rings. The summed E-state index contributed by atoms with van der Waals surface area (Å²) in [6.45, 7) is 4.78. The van der Waals surface area contributed by atoms with Crippen molar-refractivity contribution in [1.29, 1.82) is 0 Å². The molecule has 3 nitrogen and oxygen atoms in total. The molecule has 0 aliphatic carbocycles. The average Bonchev–Trinajstić information content (AvgIpc) is 2.45. The molecule has 20 heavy (non-hydrogen) atoms. The molecular formula is C17H21NO2. The van der Waals surface area contributed by atoms with Gasteiger partial charge in [0.25, 0.3) is 0 Å². The summed E-state index contributed by atoms with van der Waals surface area (Å²) < 4.78 is 0. The summed E-state index contributed by atoms with van der Waals surface area (Å²) in [7, 11) is 0. The number of phenols is 2. The van der Waals surface area contributed by atoms with Crippen LogP contribution in [0.15, 0.2) is 42.5 Å². The topological polar surface area (TPSA) is 52.5 Å². The summed E-state index contributed by atoms with van der Waals surface area (Å²) in [5.74, 6) is 0.238. The lowest BCUT2D eigenvalue weighted by molar-refractivity contribution is 0.418. The third-order valence-electron chi connectivity index (χ3n) is 3.59. The van der Waals surface area contributed by atoms with E-state index in [2.05, 4.69) is 24.4 Å². The lowest BCUT2D eigenvalue weighted by atomic mass is 10.0. The number of hydrogen-bond donors (Lipinski definition) is 3. The summed E-state index contributed by atoms with van der Waals surface area (Å²) in [5, 5.41) is 23.1. The maximum absolute atomic E-state index is 9.86. The second-order valence-corrected chi connectivity index (χ2v) is 4.93. The molecule has 3 heteroatoms. The van der Waals surface area contributed by atoms with Gasteiger partial charge in [0.15, 0.2) is 0 Å².